The van der Waals surface area contributed by atoms with Gasteiger partial charge >= 0.3 is 6.18 Å². The first-order valence-electron chi connectivity index (χ1n) is 10.1. The molecular formula is C24H16F3N3O3S. The molecule has 1 aliphatic rings. The molecule has 2 heterocycles. The lowest BCUT2D eigenvalue weighted by atomic mass is 10.1. The van der Waals surface area contributed by atoms with Crippen LogP contribution >= 0.6 is 0 Å². The molecule has 0 amide bonds. The highest BCUT2D eigenvalue weighted by Gasteiger charge is 2.36. The third kappa shape index (κ3) is 3.96. The minimum Gasteiger partial charge on any atom is -0.436 e. The second-order valence-electron chi connectivity index (χ2n) is 7.66. The number of hydrogen-bond donors (Lipinski definition) is 0. The minimum absolute atomic E-state index is 0.0256. The summed E-state index contributed by atoms with van der Waals surface area (Å²) in [5.41, 5.74) is 1.10. The lowest BCUT2D eigenvalue weighted by molar-refractivity contribution is -0.141. The average molecular weight is 483 g/mol. The highest BCUT2D eigenvalue weighted by atomic mass is 32.2. The Kier molecular flexibility index (Phi) is 5.05. The van der Waals surface area contributed by atoms with Crippen molar-refractivity contribution in [1.82, 2.24) is 9.78 Å². The summed E-state index contributed by atoms with van der Waals surface area (Å²) in [6.07, 6.45) is -4.68. The molecule has 0 radical (unpaired) electrons. The van der Waals surface area contributed by atoms with Gasteiger partial charge in [0.05, 0.1) is 11.4 Å². The molecule has 0 N–H and O–H groups in total. The highest BCUT2D eigenvalue weighted by molar-refractivity contribution is 7.90. The Balaban J connectivity index is 1.63. The van der Waals surface area contributed by atoms with E-state index in [1.54, 1.807) is 54.6 Å². The number of aromatic nitrogens is 2. The summed E-state index contributed by atoms with van der Waals surface area (Å²) >= 11 is 0. The molecule has 6 nitrogen and oxygen atoms in total. The van der Waals surface area contributed by atoms with E-state index in [1.807, 2.05) is 6.92 Å². The largest absolute Gasteiger partial charge is 0.436 e. The fraction of sp³-hybridized carbons (Fsp3) is 0.0833. The summed E-state index contributed by atoms with van der Waals surface area (Å²) in [5.74, 6) is -0.0580. The van der Waals surface area contributed by atoms with Gasteiger partial charge in [-0.25, -0.2) is 4.68 Å². The molecular weight excluding hydrogens is 467 g/mol. The number of hydrogen-bond acceptors (Lipinski definition) is 4. The van der Waals surface area contributed by atoms with E-state index in [0.717, 1.165) is 16.3 Å². The van der Waals surface area contributed by atoms with Crippen molar-refractivity contribution in [2.24, 2.45) is 4.40 Å². The number of ether oxygens (including phenoxy) is 1. The summed E-state index contributed by atoms with van der Waals surface area (Å²) in [7, 11) is -4.17. The first kappa shape index (κ1) is 21.9. The quantitative estimate of drug-likeness (QED) is 0.391. The summed E-state index contributed by atoms with van der Waals surface area (Å²) in [4.78, 5) is -0.261. The van der Waals surface area contributed by atoms with E-state index in [9.17, 15) is 21.6 Å². The van der Waals surface area contributed by atoms with Crippen molar-refractivity contribution in [2.45, 2.75) is 18.0 Å². The van der Waals surface area contributed by atoms with Gasteiger partial charge in [-0.1, -0.05) is 48.0 Å². The maximum atomic E-state index is 13.5. The first-order valence-corrected chi connectivity index (χ1v) is 11.5. The van der Waals surface area contributed by atoms with Gasteiger partial charge in [-0.2, -0.15) is 26.7 Å². The van der Waals surface area contributed by atoms with Gasteiger partial charge in [0.1, 0.15) is 10.6 Å². The Bertz CT molecular complexity index is 1530. The van der Waals surface area contributed by atoms with Crippen molar-refractivity contribution >= 4 is 15.9 Å². The SMILES string of the molecule is Cc1ccc(-c2cc(C(F)(F)F)nn2-c2ccc3c(c2)S(=O)(=O)N=C(c2ccccc2)O3)cc1. The second kappa shape index (κ2) is 7.84. The van der Waals surface area contributed by atoms with Gasteiger partial charge in [-0.15, -0.1) is 4.40 Å². The summed E-state index contributed by atoms with van der Waals surface area (Å²) in [5, 5.41) is 3.73. The van der Waals surface area contributed by atoms with Crippen LogP contribution in [0.2, 0.25) is 0 Å². The molecule has 34 heavy (non-hydrogen) atoms. The molecule has 0 unspecified atom stereocenters. The van der Waals surface area contributed by atoms with Gasteiger partial charge in [0.2, 0.25) is 5.90 Å². The van der Waals surface area contributed by atoms with Crippen LogP contribution in [-0.2, 0) is 16.2 Å². The van der Waals surface area contributed by atoms with Crippen molar-refractivity contribution in [3.63, 3.8) is 0 Å². The van der Waals surface area contributed by atoms with E-state index in [-0.39, 0.29) is 27.9 Å². The van der Waals surface area contributed by atoms with Crippen LogP contribution in [0.25, 0.3) is 16.9 Å². The smallest absolute Gasteiger partial charge is 0.435 e. The number of halogens is 3. The Morgan fingerprint density at radius 3 is 2.26 bits per heavy atom. The lowest BCUT2D eigenvalue weighted by Crippen LogP contribution is -2.20. The van der Waals surface area contributed by atoms with E-state index in [0.29, 0.717) is 11.1 Å². The van der Waals surface area contributed by atoms with Crippen LogP contribution < -0.4 is 4.74 Å². The number of nitrogens with zero attached hydrogens (tertiary/aromatic N) is 3. The van der Waals surface area contributed by atoms with E-state index >= 15 is 0 Å². The van der Waals surface area contributed by atoms with Crippen LogP contribution in [0.4, 0.5) is 13.2 Å². The molecule has 0 fully saturated rings. The highest BCUT2D eigenvalue weighted by Crippen LogP contribution is 2.36. The summed E-state index contributed by atoms with van der Waals surface area (Å²) in [6, 6.07) is 20.4. The monoisotopic (exact) mass is 483 g/mol. The summed E-state index contributed by atoms with van der Waals surface area (Å²) in [6.45, 7) is 1.86. The third-order valence-corrected chi connectivity index (χ3v) is 6.51. The zero-order chi connectivity index (χ0) is 24.1. The van der Waals surface area contributed by atoms with Crippen molar-refractivity contribution in [2.75, 3.05) is 0 Å². The van der Waals surface area contributed by atoms with Gasteiger partial charge < -0.3 is 4.74 Å². The predicted octanol–water partition coefficient (Wildman–Crippen LogP) is 5.39. The number of rotatable bonds is 3. The van der Waals surface area contributed by atoms with Gasteiger partial charge in [0.15, 0.2) is 5.69 Å². The van der Waals surface area contributed by atoms with Crippen molar-refractivity contribution < 1.29 is 26.3 Å². The van der Waals surface area contributed by atoms with E-state index in [1.165, 1.54) is 18.2 Å². The first-order chi connectivity index (χ1) is 16.1. The van der Waals surface area contributed by atoms with E-state index in [2.05, 4.69) is 9.50 Å². The molecule has 0 spiro atoms. The number of fused-ring (bicyclic) bond motifs is 1. The van der Waals surface area contributed by atoms with E-state index in [4.69, 9.17) is 4.74 Å². The topological polar surface area (TPSA) is 73.5 Å². The molecule has 4 aromatic rings. The number of alkyl halides is 3. The molecule has 0 saturated heterocycles. The van der Waals surface area contributed by atoms with Crippen LogP contribution in [-0.4, -0.2) is 24.1 Å². The normalized spacial score (nSPS) is 14.8. The molecule has 1 aromatic heterocycles. The zero-order valence-electron chi connectivity index (χ0n) is 17.6. The molecule has 0 atom stereocenters. The summed E-state index contributed by atoms with van der Waals surface area (Å²) < 4.78 is 76.8. The Morgan fingerprint density at radius 2 is 1.59 bits per heavy atom. The number of benzene rings is 3. The Morgan fingerprint density at radius 1 is 0.882 bits per heavy atom. The van der Waals surface area contributed by atoms with Crippen LogP contribution in [0.15, 0.2) is 88.2 Å². The molecule has 5 rings (SSSR count). The third-order valence-electron chi connectivity index (χ3n) is 5.23. The maximum absolute atomic E-state index is 13.5. The van der Waals surface area contributed by atoms with Crippen LogP contribution in [0.3, 0.4) is 0 Å². The van der Waals surface area contributed by atoms with Crippen LogP contribution in [0.1, 0.15) is 16.8 Å². The molecule has 172 valence electrons. The lowest BCUT2D eigenvalue weighted by Gasteiger charge is -2.18. The van der Waals surface area contributed by atoms with Gasteiger partial charge in [-0.05, 0) is 43.3 Å². The number of aryl methyl sites for hydroxylation is 1. The van der Waals surface area contributed by atoms with E-state index < -0.39 is 21.9 Å². The fourth-order valence-corrected chi connectivity index (χ4v) is 4.63. The molecule has 0 saturated carbocycles. The van der Waals surface area contributed by atoms with Gasteiger partial charge in [0, 0.05) is 11.1 Å². The molecule has 10 heteroatoms. The van der Waals surface area contributed by atoms with Gasteiger partial charge in [-0.3, -0.25) is 0 Å². The van der Waals surface area contributed by atoms with Crippen LogP contribution in [0.5, 0.6) is 5.75 Å². The molecule has 3 aromatic carbocycles. The van der Waals surface area contributed by atoms with Crippen LogP contribution in [0, 0.1) is 6.92 Å². The fourth-order valence-electron chi connectivity index (χ4n) is 3.53. The van der Waals surface area contributed by atoms with Crippen molar-refractivity contribution in [1.29, 1.82) is 0 Å². The standard InChI is InChI=1S/C24H16F3N3O3S/c1-15-7-9-16(10-8-15)19-14-22(24(25,26)27)28-30(19)18-11-12-20-21(13-18)34(31,32)29-23(33-20)17-5-3-2-4-6-17/h2-14H,1H3. The number of sulfonamides is 1. The molecule has 1 aliphatic heterocycles. The Hall–Kier alpha value is -3.92. The predicted molar refractivity (Wildman–Crippen MR) is 120 cm³/mol. The Labute approximate surface area is 193 Å². The molecule has 0 aliphatic carbocycles. The average Bonchev–Trinajstić information content (AvgIpc) is 3.26. The molecule has 0 bridgehead atoms. The maximum Gasteiger partial charge on any atom is 0.435 e. The van der Waals surface area contributed by atoms with Crippen molar-refractivity contribution in [3.8, 4) is 22.7 Å². The van der Waals surface area contributed by atoms with Crippen molar-refractivity contribution in [3.05, 3.63) is 95.7 Å². The minimum atomic E-state index is -4.68. The van der Waals surface area contributed by atoms with Gasteiger partial charge in [0.25, 0.3) is 10.0 Å². The zero-order valence-corrected chi connectivity index (χ0v) is 18.4. The second-order valence-corrected chi connectivity index (χ2v) is 9.23.